The molecule has 166 valence electrons. The number of benzene rings is 1. The molecule has 0 spiro atoms. The molecule has 3 aliphatic rings. The van der Waals surface area contributed by atoms with Crippen molar-refractivity contribution in [2.75, 3.05) is 18.4 Å². The molecule has 3 atom stereocenters. The maximum absolute atomic E-state index is 13.8. The maximum Gasteiger partial charge on any atom is 0.417 e. The number of anilines is 1. The Bertz CT molecular complexity index is 930. The van der Waals surface area contributed by atoms with E-state index in [1.165, 1.54) is 6.07 Å². The van der Waals surface area contributed by atoms with Crippen LogP contribution in [0.25, 0.3) is 0 Å². The summed E-state index contributed by atoms with van der Waals surface area (Å²) in [5, 5.41) is 12.2. The second-order valence-electron chi connectivity index (χ2n) is 8.77. The van der Waals surface area contributed by atoms with Crippen LogP contribution in [0.2, 0.25) is 0 Å². The number of nitrogens with zero attached hydrogens (tertiary/aromatic N) is 1. The zero-order valence-corrected chi connectivity index (χ0v) is 17.2. The van der Waals surface area contributed by atoms with Gasteiger partial charge < -0.3 is 10.4 Å². The van der Waals surface area contributed by atoms with E-state index in [1.807, 2.05) is 0 Å². The topological polar surface area (TPSA) is 86.7 Å². The lowest BCUT2D eigenvalue weighted by Crippen LogP contribution is -2.38. The summed E-state index contributed by atoms with van der Waals surface area (Å²) < 4.78 is 68.0. The minimum atomic E-state index is -4.89. The summed E-state index contributed by atoms with van der Waals surface area (Å²) in [5.74, 6) is -0.354. The number of halogens is 3. The van der Waals surface area contributed by atoms with E-state index in [0.717, 1.165) is 50.7 Å². The first-order valence-corrected chi connectivity index (χ1v) is 11.7. The average molecular weight is 446 g/mol. The molecular weight excluding hydrogens is 421 g/mol. The Labute approximate surface area is 173 Å². The molecule has 0 radical (unpaired) electrons. The zero-order valence-electron chi connectivity index (χ0n) is 16.4. The first-order valence-electron chi connectivity index (χ1n) is 10.2. The number of hydrogen-bond acceptors (Lipinski definition) is 4. The van der Waals surface area contributed by atoms with Gasteiger partial charge in [-0.15, -0.1) is 0 Å². The first kappa shape index (κ1) is 21.4. The van der Waals surface area contributed by atoms with Crippen LogP contribution < -0.4 is 5.32 Å². The third-order valence-corrected chi connectivity index (χ3v) is 8.33. The van der Waals surface area contributed by atoms with Crippen molar-refractivity contribution in [2.45, 2.75) is 55.6 Å². The molecule has 1 aromatic rings. The Balaban J connectivity index is 1.64. The van der Waals surface area contributed by atoms with Gasteiger partial charge in [0.2, 0.25) is 10.0 Å². The van der Waals surface area contributed by atoms with Crippen molar-refractivity contribution >= 4 is 21.7 Å². The number of hydrogen-bond donors (Lipinski definition) is 2. The Morgan fingerprint density at radius 2 is 1.90 bits per heavy atom. The lowest BCUT2D eigenvalue weighted by atomic mass is 9.95. The number of alkyl halides is 3. The fraction of sp³-hybridized carbons (Fsp3) is 0.650. The van der Waals surface area contributed by atoms with Crippen LogP contribution in [-0.2, 0) is 21.0 Å². The highest BCUT2D eigenvalue weighted by molar-refractivity contribution is 7.89. The highest BCUT2D eigenvalue weighted by Gasteiger charge is 2.42. The molecule has 0 saturated heterocycles. The summed E-state index contributed by atoms with van der Waals surface area (Å²) >= 11 is 0. The normalized spacial score (nSPS) is 26.3. The van der Waals surface area contributed by atoms with Gasteiger partial charge in [-0.1, -0.05) is 6.42 Å². The van der Waals surface area contributed by atoms with Crippen LogP contribution in [0.4, 0.5) is 18.9 Å². The molecule has 3 aliphatic carbocycles. The van der Waals surface area contributed by atoms with Crippen LogP contribution in [0, 0.1) is 17.8 Å². The standard InChI is InChI=1S/C20H25F3N2O4S/c21-20(22,23)16-9-15(24-17-8-13-3-4-14(17)7-13)5-6-18(16)30(28,29)25(11-19(26)27)10-12-1-2-12/h5-6,9,12-14,17,24H,1-4,7-8,10-11H2,(H,26,27). The summed E-state index contributed by atoms with van der Waals surface area (Å²) in [5.41, 5.74) is -1.02. The van der Waals surface area contributed by atoms with Crippen LogP contribution in [-0.4, -0.2) is 42.9 Å². The van der Waals surface area contributed by atoms with Gasteiger partial charge in [-0.05, 0) is 68.1 Å². The van der Waals surface area contributed by atoms with Gasteiger partial charge >= 0.3 is 12.1 Å². The molecule has 6 nitrogen and oxygen atoms in total. The van der Waals surface area contributed by atoms with E-state index in [9.17, 15) is 26.4 Å². The molecule has 3 saturated carbocycles. The summed E-state index contributed by atoms with van der Waals surface area (Å²) in [6.45, 7) is -0.946. The Morgan fingerprint density at radius 3 is 2.43 bits per heavy atom. The van der Waals surface area contributed by atoms with Crippen LogP contribution in [0.3, 0.4) is 0 Å². The van der Waals surface area contributed by atoms with E-state index in [4.69, 9.17) is 5.11 Å². The van der Waals surface area contributed by atoms with Crippen LogP contribution in [0.1, 0.15) is 44.1 Å². The highest BCUT2D eigenvalue weighted by Crippen LogP contribution is 2.46. The van der Waals surface area contributed by atoms with Crippen molar-refractivity contribution < 1.29 is 31.5 Å². The molecule has 2 N–H and O–H groups in total. The van der Waals surface area contributed by atoms with Gasteiger partial charge in [0.15, 0.2) is 0 Å². The number of rotatable bonds is 8. The third kappa shape index (κ3) is 4.44. The summed E-state index contributed by atoms with van der Waals surface area (Å²) in [6.07, 6.45) is 0.819. The predicted molar refractivity (Wildman–Crippen MR) is 103 cm³/mol. The fourth-order valence-corrected chi connectivity index (χ4v) is 6.49. The van der Waals surface area contributed by atoms with Crippen LogP contribution in [0.5, 0.6) is 0 Å². The molecule has 0 amide bonds. The van der Waals surface area contributed by atoms with Gasteiger partial charge in [0.1, 0.15) is 6.54 Å². The Hall–Kier alpha value is -1.81. The number of fused-ring (bicyclic) bond motifs is 2. The summed E-state index contributed by atoms with van der Waals surface area (Å²) in [6, 6.07) is 3.25. The maximum atomic E-state index is 13.8. The fourth-order valence-electron chi connectivity index (χ4n) is 4.83. The molecule has 0 aliphatic heterocycles. The number of carboxylic acid groups (broad SMARTS) is 1. The SMILES string of the molecule is O=C(O)CN(CC1CC1)S(=O)(=O)c1ccc(NC2CC3CCC2C3)cc1C(F)(F)F. The molecular formula is C20H25F3N2O4S. The van der Waals surface area contributed by atoms with Gasteiger partial charge in [0.05, 0.1) is 10.5 Å². The largest absolute Gasteiger partial charge is 0.480 e. The quantitative estimate of drug-likeness (QED) is 0.635. The van der Waals surface area contributed by atoms with E-state index in [-0.39, 0.29) is 24.2 Å². The van der Waals surface area contributed by atoms with Crippen molar-refractivity contribution in [1.29, 1.82) is 0 Å². The molecule has 30 heavy (non-hydrogen) atoms. The van der Waals surface area contributed by atoms with Crippen molar-refractivity contribution in [3.63, 3.8) is 0 Å². The molecule has 1 aromatic carbocycles. The predicted octanol–water partition coefficient (Wildman–Crippen LogP) is 3.79. The zero-order chi connectivity index (χ0) is 21.7. The van der Waals surface area contributed by atoms with Crippen LogP contribution >= 0.6 is 0 Å². The molecule has 10 heteroatoms. The molecule has 2 bridgehead atoms. The van der Waals surface area contributed by atoms with Gasteiger partial charge in [-0.2, -0.15) is 17.5 Å². The lowest BCUT2D eigenvalue weighted by molar-refractivity contribution is -0.139. The van der Waals surface area contributed by atoms with Gasteiger partial charge in [0.25, 0.3) is 0 Å². The summed E-state index contributed by atoms with van der Waals surface area (Å²) in [4.78, 5) is 10.3. The van der Waals surface area contributed by atoms with Crippen molar-refractivity contribution in [1.82, 2.24) is 4.31 Å². The first-order chi connectivity index (χ1) is 14.0. The molecule has 0 heterocycles. The van der Waals surface area contributed by atoms with E-state index in [1.54, 1.807) is 0 Å². The number of nitrogens with one attached hydrogen (secondary N) is 1. The smallest absolute Gasteiger partial charge is 0.417 e. The molecule has 3 unspecified atom stereocenters. The monoisotopic (exact) mass is 446 g/mol. The Morgan fingerprint density at radius 1 is 1.17 bits per heavy atom. The number of carboxylic acids is 1. The van der Waals surface area contributed by atoms with E-state index < -0.39 is 39.2 Å². The molecule has 0 aromatic heterocycles. The van der Waals surface area contributed by atoms with E-state index >= 15 is 0 Å². The number of sulfonamides is 1. The van der Waals surface area contributed by atoms with Crippen LogP contribution in [0.15, 0.2) is 23.1 Å². The van der Waals surface area contributed by atoms with E-state index in [2.05, 4.69) is 5.32 Å². The summed E-state index contributed by atoms with van der Waals surface area (Å²) in [7, 11) is -4.61. The highest BCUT2D eigenvalue weighted by atomic mass is 32.2. The van der Waals surface area contributed by atoms with Gasteiger partial charge in [-0.25, -0.2) is 8.42 Å². The number of carbonyl (C=O) groups is 1. The number of aliphatic carboxylic acids is 1. The minimum absolute atomic E-state index is 0.00723. The van der Waals surface area contributed by atoms with Crippen molar-refractivity contribution in [3.8, 4) is 0 Å². The third-order valence-electron chi connectivity index (χ3n) is 6.46. The van der Waals surface area contributed by atoms with Gasteiger partial charge in [-0.3, -0.25) is 4.79 Å². The lowest BCUT2D eigenvalue weighted by Gasteiger charge is -2.26. The molecule has 4 rings (SSSR count). The second kappa shape index (κ2) is 7.71. The molecule has 3 fully saturated rings. The van der Waals surface area contributed by atoms with Gasteiger partial charge in [0, 0.05) is 18.3 Å². The van der Waals surface area contributed by atoms with E-state index in [0.29, 0.717) is 16.1 Å². The second-order valence-corrected chi connectivity index (χ2v) is 10.7. The average Bonchev–Trinajstić information content (AvgIpc) is 3.22. The Kier molecular flexibility index (Phi) is 5.50. The minimum Gasteiger partial charge on any atom is -0.480 e. The van der Waals surface area contributed by atoms with Crippen molar-refractivity contribution in [2.24, 2.45) is 17.8 Å². The van der Waals surface area contributed by atoms with Crippen molar-refractivity contribution in [3.05, 3.63) is 23.8 Å².